The molecular weight excluding hydrogens is 709 g/mol. The van der Waals surface area contributed by atoms with Crippen LogP contribution in [-0.2, 0) is 4.74 Å². The summed E-state index contributed by atoms with van der Waals surface area (Å²) < 4.78 is 79.0. The van der Waals surface area contributed by atoms with Gasteiger partial charge in [-0.3, -0.25) is 9.59 Å². The lowest BCUT2D eigenvalue weighted by Crippen LogP contribution is -2.58. The summed E-state index contributed by atoms with van der Waals surface area (Å²) in [6.45, 7) is -1.50. The SMILES string of the molecule is O=C(c1c(F)c(F)c(F)c(F)c1F)N1CCN(C(=O)c2c(O)ccc3c2Oc2cc(O)c(Cl)cc2N3)CC1.OC[C@H]1O[C@@H](O)[C@H](O)[C@@H](O)[C@@H]1O. The van der Waals surface area contributed by atoms with Gasteiger partial charge in [0, 0.05) is 32.2 Å². The Kier molecular flexibility index (Phi) is 10.6. The first kappa shape index (κ1) is 36.8. The molecule has 3 aliphatic heterocycles. The van der Waals surface area contributed by atoms with Crippen LogP contribution in [0.25, 0.3) is 0 Å². The Morgan fingerprint density at radius 1 is 0.760 bits per heavy atom. The number of carbonyl (C=O) groups is 2. The van der Waals surface area contributed by atoms with Crippen LogP contribution in [0.1, 0.15) is 20.7 Å². The smallest absolute Gasteiger partial charge is 0.261 e. The van der Waals surface area contributed by atoms with Crippen LogP contribution in [0.5, 0.6) is 23.0 Å². The van der Waals surface area contributed by atoms with Crippen molar-refractivity contribution in [3.8, 4) is 23.0 Å². The van der Waals surface area contributed by atoms with Crippen molar-refractivity contribution in [2.45, 2.75) is 30.7 Å². The highest BCUT2D eigenvalue weighted by Crippen LogP contribution is 2.49. The van der Waals surface area contributed by atoms with Gasteiger partial charge in [-0.25, -0.2) is 22.0 Å². The van der Waals surface area contributed by atoms with E-state index in [1.807, 2.05) is 0 Å². The third-order valence-corrected chi connectivity index (χ3v) is 8.33. The molecule has 20 heteroatoms. The maximum atomic E-state index is 14.1. The lowest BCUT2D eigenvalue weighted by Gasteiger charge is -2.37. The van der Waals surface area contributed by atoms with E-state index in [4.69, 9.17) is 41.9 Å². The fourth-order valence-electron chi connectivity index (χ4n) is 5.27. The number of aliphatic hydroxyl groups excluding tert-OH is 5. The van der Waals surface area contributed by atoms with Gasteiger partial charge in [-0.05, 0) is 18.2 Å². The number of rotatable bonds is 3. The van der Waals surface area contributed by atoms with Crippen molar-refractivity contribution in [3.63, 3.8) is 0 Å². The van der Waals surface area contributed by atoms with Crippen molar-refractivity contribution in [3.05, 3.63) is 69.5 Å². The number of aliphatic hydroxyl groups is 5. The van der Waals surface area contributed by atoms with Crippen molar-refractivity contribution in [1.29, 1.82) is 0 Å². The molecule has 3 heterocycles. The van der Waals surface area contributed by atoms with Gasteiger partial charge >= 0.3 is 0 Å². The van der Waals surface area contributed by atoms with E-state index in [9.17, 15) is 41.8 Å². The first-order valence-electron chi connectivity index (χ1n) is 14.5. The Bertz CT molecular complexity index is 1800. The van der Waals surface area contributed by atoms with Crippen molar-refractivity contribution < 1.29 is 76.8 Å². The maximum absolute atomic E-state index is 14.1. The molecule has 14 nitrogen and oxygen atoms in total. The molecule has 0 spiro atoms. The maximum Gasteiger partial charge on any atom is 0.261 e. The average molecular weight is 736 g/mol. The molecule has 2 fully saturated rings. The minimum Gasteiger partial charge on any atom is -0.507 e. The van der Waals surface area contributed by atoms with Crippen LogP contribution in [0, 0.1) is 29.1 Å². The van der Waals surface area contributed by atoms with Gasteiger partial charge in [-0.1, -0.05) is 11.6 Å². The van der Waals surface area contributed by atoms with E-state index in [0.717, 1.165) is 4.90 Å². The number of nitrogens with one attached hydrogen (secondary N) is 1. The van der Waals surface area contributed by atoms with Gasteiger partial charge in [0.05, 0.1) is 23.0 Å². The number of phenols is 2. The third-order valence-electron chi connectivity index (χ3n) is 8.02. The number of aromatic hydroxyl groups is 2. The summed E-state index contributed by atoms with van der Waals surface area (Å²) in [5, 5.41) is 68.0. The summed E-state index contributed by atoms with van der Waals surface area (Å²) in [6, 6.07) is 5.32. The molecule has 6 rings (SSSR count). The van der Waals surface area contributed by atoms with Crippen LogP contribution in [0.15, 0.2) is 24.3 Å². The van der Waals surface area contributed by atoms with Gasteiger partial charge in [0.25, 0.3) is 11.8 Å². The number of carbonyl (C=O) groups excluding carboxylic acids is 2. The first-order chi connectivity index (χ1) is 23.6. The Morgan fingerprint density at radius 3 is 1.86 bits per heavy atom. The average Bonchev–Trinajstić information content (AvgIpc) is 3.10. The zero-order chi connectivity index (χ0) is 36.8. The largest absolute Gasteiger partial charge is 0.507 e. The molecule has 3 aromatic carbocycles. The molecule has 0 saturated carbocycles. The number of phenolic OH excluding ortho intramolecular Hbond substituents is 2. The molecule has 50 heavy (non-hydrogen) atoms. The van der Waals surface area contributed by atoms with E-state index < -0.39 is 89.5 Å². The van der Waals surface area contributed by atoms with Gasteiger partial charge < -0.3 is 60.3 Å². The number of piperazine rings is 1. The Balaban J connectivity index is 0.000000343. The molecule has 0 aromatic heterocycles. The molecular formula is C30H27ClF5N3O11. The zero-order valence-electron chi connectivity index (χ0n) is 25.2. The molecule has 0 aliphatic carbocycles. The number of fused-ring (bicyclic) bond motifs is 2. The van der Waals surface area contributed by atoms with Crippen LogP contribution in [0.2, 0.25) is 5.02 Å². The van der Waals surface area contributed by atoms with Gasteiger partial charge in [0.2, 0.25) is 5.82 Å². The third kappa shape index (κ3) is 6.67. The van der Waals surface area contributed by atoms with Crippen LogP contribution >= 0.6 is 11.6 Å². The number of hydrogen-bond donors (Lipinski definition) is 8. The van der Waals surface area contributed by atoms with Crippen LogP contribution in [0.3, 0.4) is 0 Å². The number of benzene rings is 3. The summed E-state index contributed by atoms with van der Waals surface area (Å²) in [6.07, 6.45) is -7.04. The second-order valence-corrected chi connectivity index (χ2v) is 11.5. The highest BCUT2D eigenvalue weighted by Gasteiger charge is 2.42. The van der Waals surface area contributed by atoms with Crippen molar-refractivity contribution in [2.24, 2.45) is 0 Å². The fourth-order valence-corrected chi connectivity index (χ4v) is 5.43. The Morgan fingerprint density at radius 2 is 1.30 bits per heavy atom. The normalized spacial score (nSPS) is 22.7. The number of halogens is 6. The summed E-state index contributed by atoms with van der Waals surface area (Å²) in [5.41, 5.74) is -1.13. The lowest BCUT2D eigenvalue weighted by atomic mass is 10.00. The van der Waals surface area contributed by atoms with E-state index in [-0.39, 0.29) is 54.0 Å². The van der Waals surface area contributed by atoms with E-state index in [1.54, 1.807) is 0 Å². The number of hydrogen-bond acceptors (Lipinski definition) is 12. The van der Waals surface area contributed by atoms with Gasteiger partial charge in [0.15, 0.2) is 41.1 Å². The molecule has 3 aliphatic rings. The van der Waals surface area contributed by atoms with Crippen LogP contribution in [-0.4, -0.2) is 121 Å². The predicted molar refractivity (Wildman–Crippen MR) is 159 cm³/mol. The van der Waals surface area contributed by atoms with E-state index >= 15 is 0 Å². The molecule has 2 saturated heterocycles. The van der Waals surface area contributed by atoms with Crippen molar-refractivity contribution in [2.75, 3.05) is 38.1 Å². The second kappa shape index (κ2) is 14.4. The standard InChI is InChI=1S/C24H15ClF5N3O5.C6H12O6/c25-9-7-11-14(8-13(9)35)38-22-10(31-11)1-2-12(34)15(22)23(36)32-3-5-33(6-4-32)24(37)16-17(26)19(28)21(30)20(29)18(16)27;7-1-2-3(8)4(9)5(10)6(11)12-2/h1-2,7-8,31,34-35H,3-6H2;2-11H,1H2/t;2-,3-,4+,5-,6-/m.1/s1. The summed E-state index contributed by atoms with van der Waals surface area (Å²) in [4.78, 5) is 28.0. The molecule has 0 bridgehead atoms. The van der Waals surface area contributed by atoms with Crippen LogP contribution < -0.4 is 10.1 Å². The van der Waals surface area contributed by atoms with Gasteiger partial charge in [-0.2, -0.15) is 0 Å². The number of ether oxygens (including phenoxy) is 2. The van der Waals surface area contributed by atoms with Crippen molar-refractivity contribution >= 4 is 34.8 Å². The predicted octanol–water partition coefficient (Wildman–Crippen LogP) is 1.67. The summed E-state index contributed by atoms with van der Waals surface area (Å²) >= 11 is 5.92. The van der Waals surface area contributed by atoms with Gasteiger partial charge in [0.1, 0.15) is 47.0 Å². The number of amides is 2. The first-order valence-corrected chi connectivity index (χ1v) is 14.9. The molecule has 0 radical (unpaired) electrons. The molecule has 0 unspecified atom stereocenters. The highest BCUT2D eigenvalue weighted by molar-refractivity contribution is 6.32. The Hall–Kier alpha value is -4.50. The minimum atomic E-state index is -2.38. The Labute approximate surface area is 282 Å². The molecule has 2 amide bonds. The summed E-state index contributed by atoms with van der Waals surface area (Å²) in [7, 11) is 0. The number of anilines is 2. The van der Waals surface area contributed by atoms with E-state index in [1.165, 1.54) is 29.2 Å². The zero-order valence-corrected chi connectivity index (χ0v) is 25.9. The fraction of sp³-hybridized carbons (Fsp3) is 0.333. The molecule has 8 N–H and O–H groups in total. The molecule has 3 aromatic rings. The second-order valence-electron chi connectivity index (χ2n) is 11.1. The van der Waals surface area contributed by atoms with Crippen LogP contribution in [0.4, 0.5) is 33.3 Å². The lowest BCUT2D eigenvalue weighted by molar-refractivity contribution is -0.286. The van der Waals surface area contributed by atoms with E-state index in [0.29, 0.717) is 11.4 Å². The summed E-state index contributed by atoms with van der Waals surface area (Å²) in [5.74, 6) is -14.1. The monoisotopic (exact) mass is 735 g/mol. The highest BCUT2D eigenvalue weighted by atomic mass is 35.5. The van der Waals surface area contributed by atoms with E-state index in [2.05, 4.69) is 10.1 Å². The van der Waals surface area contributed by atoms with Crippen molar-refractivity contribution in [1.82, 2.24) is 9.80 Å². The molecule has 270 valence electrons. The van der Waals surface area contributed by atoms with Gasteiger partial charge in [-0.15, -0.1) is 0 Å². The number of nitrogens with zero attached hydrogens (tertiary/aromatic N) is 2. The topological polar surface area (TPSA) is 213 Å². The quantitative estimate of drug-likeness (QED) is 0.0654. The minimum absolute atomic E-state index is 0.0517. The molecule has 5 atom stereocenters.